The highest BCUT2D eigenvalue weighted by Crippen LogP contribution is 2.16. The van der Waals surface area contributed by atoms with Crippen LogP contribution in [0.25, 0.3) is 11.6 Å². The van der Waals surface area contributed by atoms with Crippen molar-refractivity contribution in [2.45, 2.75) is 13.1 Å². The van der Waals surface area contributed by atoms with Gasteiger partial charge < -0.3 is 18.7 Å². The zero-order chi connectivity index (χ0) is 13.9. The number of fused-ring (bicyclic) bond motifs is 1. The number of furan rings is 1. The van der Waals surface area contributed by atoms with Crippen molar-refractivity contribution in [3.8, 4) is 11.6 Å². The molecule has 0 unspecified atom stereocenters. The maximum absolute atomic E-state index is 11.8. The first kappa shape index (κ1) is 12.2. The van der Waals surface area contributed by atoms with E-state index in [0.29, 0.717) is 23.9 Å². The first-order chi connectivity index (χ1) is 9.72. The number of hydrogen-bond donors (Lipinski definition) is 1. The number of carbonyl (C=O) groups is 1. The summed E-state index contributed by atoms with van der Waals surface area (Å²) in [6, 6.07) is 6.84. The van der Waals surface area contributed by atoms with Crippen molar-refractivity contribution in [2.75, 3.05) is 0 Å². The van der Waals surface area contributed by atoms with Gasteiger partial charge in [0, 0.05) is 6.20 Å². The molecule has 1 amide bonds. The Labute approximate surface area is 113 Å². The standard InChI is InChI=1S/C13H11N3O4/c17-11(14-7-9-3-2-6-19-9)8-16-5-1-4-10-12(16)15-13(18)20-10/h1-6H,7-8H2,(H,14,17). The van der Waals surface area contributed by atoms with Gasteiger partial charge in [0.05, 0.1) is 12.8 Å². The Morgan fingerprint density at radius 1 is 1.35 bits per heavy atom. The van der Waals surface area contributed by atoms with Gasteiger partial charge in [0.2, 0.25) is 5.91 Å². The summed E-state index contributed by atoms with van der Waals surface area (Å²) in [7, 11) is 0. The molecule has 7 heteroatoms. The van der Waals surface area contributed by atoms with E-state index in [0.717, 1.165) is 0 Å². The van der Waals surface area contributed by atoms with Gasteiger partial charge in [-0.1, -0.05) is 0 Å². The van der Waals surface area contributed by atoms with Gasteiger partial charge in [0.25, 0.3) is 0 Å². The van der Waals surface area contributed by atoms with Gasteiger partial charge in [-0.3, -0.25) is 4.79 Å². The molecule has 1 aromatic heterocycles. The highest BCUT2D eigenvalue weighted by atomic mass is 16.4. The fourth-order valence-corrected chi connectivity index (χ4v) is 1.86. The van der Waals surface area contributed by atoms with Crippen molar-refractivity contribution < 1.29 is 13.6 Å². The molecule has 0 saturated carbocycles. The average molecular weight is 273 g/mol. The molecule has 102 valence electrons. The lowest BCUT2D eigenvalue weighted by molar-refractivity contribution is -0.121. The minimum atomic E-state index is -0.670. The third kappa shape index (κ3) is 2.46. The van der Waals surface area contributed by atoms with Gasteiger partial charge in [-0.2, -0.15) is 4.98 Å². The number of rotatable bonds is 4. The topological polar surface area (TPSA) is 90.3 Å². The van der Waals surface area contributed by atoms with Gasteiger partial charge in [-0.15, -0.1) is 0 Å². The highest BCUT2D eigenvalue weighted by molar-refractivity contribution is 5.76. The van der Waals surface area contributed by atoms with Crippen molar-refractivity contribution in [3.63, 3.8) is 0 Å². The van der Waals surface area contributed by atoms with Crippen LogP contribution in [0.4, 0.5) is 0 Å². The van der Waals surface area contributed by atoms with Crippen LogP contribution in [0.15, 0.2) is 50.4 Å². The summed E-state index contributed by atoms with van der Waals surface area (Å²) >= 11 is 0. The van der Waals surface area contributed by atoms with Gasteiger partial charge >= 0.3 is 5.76 Å². The number of nitrogens with one attached hydrogen (secondary N) is 1. The highest BCUT2D eigenvalue weighted by Gasteiger charge is 2.15. The van der Waals surface area contributed by atoms with E-state index in [1.807, 2.05) is 0 Å². The van der Waals surface area contributed by atoms with Crippen LogP contribution < -0.4 is 11.1 Å². The minimum absolute atomic E-state index is 0.0457. The molecule has 2 aliphatic heterocycles. The fraction of sp³-hybridized carbons (Fsp3) is 0.154. The predicted molar refractivity (Wildman–Crippen MR) is 67.9 cm³/mol. The Kier molecular flexibility index (Phi) is 3.08. The fourth-order valence-electron chi connectivity index (χ4n) is 1.86. The molecule has 7 nitrogen and oxygen atoms in total. The summed E-state index contributed by atoms with van der Waals surface area (Å²) in [4.78, 5) is 26.7. The van der Waals surface area contributed by atoms with Gasteiger partial charge in [-0.25, -0.2) is 4.79 Å². The second kappa shape index (κ2) is 5.04. The van der Waals surface area contributed by atoms with E-state index in [1.165, 1.54) is 0 Å². The van der Waals surface area contributed by atoms with Crippen molar-refractivity contribution in [3.05, 3.63) is 53.0 Å². The van der Waals surface area contributed by atoms with Crippen LogP contribution in [0.3, 0.4) is 0 Å². The molecule has 1 N–H and O–H groups in total. The Balaban J connectivity index is 1.70. The molecule has 3 heterocycles. The smallest absolute Gasteiger partial charge is 0.441 e. The van der Waals surface area contributed by atoms with E-state index in [2.05, 4.69) is 10.3 Å². The molecule has 0 bridgehead atoms. The largest absolute Gasteiger partial charge is 0.467 e. The van der Waals surface area contributed by atoms with Crippen molar-refractivity contribution in [1.82, 2.24) is 14.9 Å². The van der Waals surface area contributed by atoms with Gasteiger partial charge in [-0.05, 0) is 24.3 Å². The number of hydrogen-bond acceptors (Lipinski definition) is 5. The molecule has 0 aromatic carbocycles. The maximum Gasteiger partial charge on any atom is 0.441 e. The maximum atomic E-state index is 11.8. The Hall–Kier alpha value is -2.83. The molecule has 0 radical (unpaired) electrons. The summed E-state index contributed by atoms with van der Waals surface area (Å²) in [5.74, 6) is 0.497. The lowest BCUT2D eigenvalue weighted by Gasteiger charge is -2.09. The first-order valence-corrected chi connectivity index (χ1v) is 5.97. The lowest BCUT2D eigenvalue weighted by Crippen LogP contribution is -2.27. The second-order valence-electron chi connectivity index (χ2n) is 4.16. The van der Waals surface area contributed by atoms with Crippen LogP contribution in [-0.4, -0.2) is 15.5 Å². The Morgan fingerprint density at radius 2 is 2.25 bits per heavy atom. The molecular weight excluding hydrogens is 262 g/mol. The molecule has 20 heavy (non-hydrogen) atoms. The van der Waals surface area contributed by atoms with Crippen molar-refractivity contribution in [1.29, 1.82) is 0 Å². The number of amides is 1. The second-order valence-corrected chi connectivity index (χ2v) is 4.16. The summed E-state index contributed by atoms with van der Waals surface area (Å²) in [5, 5.41) is 2.72. The molecule has 0 fully saturated rings. The van der Waals surface area contributed by atoms with Crippen LogP contribution >= 0.6 is 0 Å². The van der Waals surface area contributed by atoms with E-state index in [-0.39, 0.29) is 12.5 Å². The predicted octanol–water partition coefficient (Wildman–Crippen LogP) is 0.851. The SMILES string of the molecule is O=C(Cn1cccc2oc(=O)nc1-2)NCc1ccco1. The van der Waals surface area contributed by atoms with Crippen molar-refractivity contribution in [2.24, 2.45) is 0 Å². The summed E-state index contributed by atoms with van der Waals surface area (Å²) in [6.07, 6.45) is 3.21. The quantitative estimate of drug-likeness (QED) is 0.761. The molecule has 0 spiro atoms. The van der Waals surface area contributed by atoms with Crippen LogP contribution in [0.2, 0.25) is 0 Å². The normalized spacial score (nSPS) is 10.8. The molecule has 2 aliphatic rings. The Bertz CT molecular complexity index is 741. The molecule has 0 saturated heterocycles. The molecule has 0 atom stereocenters. The lowest BCUT2D eigenvalue weighted by atomic mass is 10.3. The zero-order valence-electron chi connectivity index (χ0n) is 10.4. The zero-order valence-corrected chi connectivity index (χ0v) is 10.4. The van der Waals surface area contributed by atoms with Gasteiger partial charge in [0.1, 0.15) is 12.3 Å². The molecule has 3 rings (SSSR count). The third-order valence-electron chi connectivity index (χ3n) is 2.75. The number of pyridine rings is 1. The van der Waals surface area contributed by atoms with E-state index >= 15 is 0 Å². The molecule has 0 aliphatic carbocycles. The van der Waals surface area contributed by atoms with Crippen LogP contribution in [0.1, 0.15) is 5.76 Å². The monoisotopic (exact) mass is 273 g/mol. The van der Waals surface area contributed by atoms with E-state index in [9.17, 15) is 9.59 Å². The first-order valence-electron chi connectivity index (χ1n) is 5.97. The van der Waals surface area contributed by atoms with E-state index in [1.54, 1.807) is 41.3 Å². The van der Waals surface area contributed by atoms with Crippen molar-refractivity contribution >= 4 is 5.91 Å². The minimum Gasteiger partial charge on any atom is -0.467 e. The summed E-state index contributed by atoms with van der Waals surface area (Å²) in [5.41, 5.74) is 0. The molecule has 1 aromatic rings. The summed E-state index contributed by atoms with van der Waals surface area (Å²) in [6.45, 7) is 0.359. The molecular formula is C13H11N3O4. The number of nitrogens with zero attached hydrogens (tertiary/aromatic N) is 2. The Morgan fingerprint density at radius 3 is 3.05 bits per heavy atom. The van der Waals surface area contributed by atoms with E-state index < -0.39 is 5.76 Å². The van der Waals surface area contributed by atoms with Gasteiger partial charge in [0.15, 0.2) is 11.6 Å². The number of carbonyl (C=O) groups excluding carboxylic acids is 1. The number of aromatic nitrogens is 2. The van der Waals surface area contributed by atoms with Crippen LogP contribution in [-0.2, 0) is 17.9 Å². The van der Waals surface area contributed by atoms with E-state index in [4.69, 9.17) is 8.83 Å². The number of oxazole rings is 1. The van der Waals surface area contributed by atoms with Crippen LogP contribution in [0, 0.1) is 0 Å². The summed E-state index contributed by atoms with van der Waals surface area (Å²) < 4.78 is 11.5. The van der Waals surface area contributed by atoms with Crippen LogP contribution in [0.5, 0.6) is 0 Å². The third-order valence-corrected chi connectivity index (χ3v) is 2.75. The average Bonchev–Trinajstić information content (AvgIpc) is 3.05.